The minimum absolute atomic E-state index is 0.0541. The number of hydrogen-bond acceptors (Lipinski definition) is 3. The minimum atomic E-state index is -0.355. The molecule has 0 atom stereocenters. The van der Waals surface area contributed by atoms with Crippen molar-refractivity contribution in [1.29, 1.82) is 0 Å². The van der Waals surface area contributed by atoms with Crippen LogP contribution in [-0.2, 0) is 4.74 Å². The summed E-state index contributed by atoms with van der Waals surface area (Å²) in [5, 5.41) is 3.23. The quantitative estimate of drug-likeness (QED) is 0.835. The largest absolute Gasteiger partial charge is 0.385 e. The number of rotatable bonds is 6. The molecule has 2 aromatic rings. The predicted molar refractivity (Wildman–Crippen MR) is 109 cm³/mol. The lowest BCUT2D eigenvalue weighted by atomic mass is 9.84. The van der Waals surface area contributed by atoms with Crippen molar-refractivity contribution >= 4 is 11.8 Å². The summed E-state index contributed by atoms with van der Waals surface area (Å²) >= 11 is 0. The molecule has 5 heteroatoms. The fourth-order valence-corrected chi connectivity index (χ4v) is 3.74. The summed E-state index contributed by atoms with van der Waals surface area (Å²) < 4.78 is 5.28. The third-order valence-corrected chi connectivity index (χ3v) is 5.47. The number of nitrogens with zero attached hydrogens (tertiary/aromatic N) is 1. The van der Waals surface area contributed by atoms with Crippen LogP contribution in [0, 0.1) is 6.92 Å². The molecular formula is C23H28N2O3. The van der Waals surface area contributed by atoms with Gasteiger partial charge >= 0.3 is 0 Å². The zero-order chi connectivity index (χ0) is 20.0. The Balaban J connectivity index is 1.69. The Kier molecular flexibility index (Phi) is 6.47. The van der Waals surface area contributed by atoms with Gasteiger partial charge in [0.15, 0.2) is 0 Å². The first-order valence-electron chi connectivity index (χ1n) is 9.75. The van der Waals surface area contributed by atoms with Crippen LogP contribution in [0.15, 0.2) is 54.6 Å². The SMILES string of the molecule is COCCC1(NC(=O)c2ccccc2)CCN(C(=O)c2cccc(C)c2)CC1. The second-order valence-electron chi connectivity index (χ2n) is 7.50. The Morgan fingerprint density at radius 2 is 1.71 bits per heavy atom. The molecule has 2 aromatic carbocycles. The lowest BCUT2D eigenvalue weighted by Crippen LogP contribution is -2.56. The average molecular weight is 380 g/mol. The number of benzene rings is 2. The van der Waals surface area contributed by atoms with Crippen LogP contribution >= 0.6 is 0 Å². The monoisotopic (exact) mass is 380 g/mol. The molecule has 1 saturated heterocycles. The molecule has 1 aliphatic heterocycles. The molecule has 0 aromatic heterocycles. The normalized spacial score (nSPS) is 15.9. The van der Waals surface area contributed by atoms with Gasteiger partial charge in [0.2, 0.25) is 0 Å². The summed E-state index contributed by atoms with van der Waals surface area (Å²) in [6.07, 6.45) is 2.16. The molecule has 1 N–H and O–H groups in total. The molecule has 3 rings (SSSR count). The van der Waals surface area contributed by atoms with Gasteiger partial charge in [-0.2, -0.15) is 0 Å². The van der Waals surface area contributed by atoms with E-state index in [2.05, 4.69) is 5.32 Å². The van der Waals surface area contributed by atoms with Crippen molar-refractivity contribution in [2.45, 2.75) is 31.7 Å². The van der Waals surface area contributed by atoms with Gasteiger partial charge in [0.05, 0.1) is 0 Å². The van der Waals surface area contributed by atoms with Crippen LogP contribution in [0.25, 0.3) is 0 Å². The van der Waals surface area contributed by atoms with Gasteiger partial charge in [-0.3, -0.25) is 9.59 Å². The first kappa shape index (κ1) is 20.1. The number of likely N-dealkylation sites (tertiary alicyclic amines) is 1. The van der Waals surface area contributed by atoms with Crippen LogP contribution in [0.3, 0.4) is 0 Å². The summed E-state index contributed by atoms with van der Waals surface area (Å²) in [5.74, 6) is -0.0198. The van der Waals surface area contributed by atoms with Crippen LogP contribution in [0.1, 0.15) is 45.5 Å². The van der Waals surface area contributed by atoms with E-state index in [-0.39, 0.29) is 17.4 Å². The number of ether oxygens (including phenoxy) is 1. The first-order valence-corrected chi connectivity index (χ1v) is 9.75. The van der Waals surface area contributed by atoms with Crippen molar-refractivity contribution < 1.29 is 14.3 Å². The van der Waals surface area contributed by atoms with Crippen molar-refractivity contribution in [3.8, 4) is 0 Å². The van der Waals surface area contributed by atoms with Gasteiger partial charge in [-0.25, -0.2) is 0 Å². The van der Waals surface area contributed by atoms with Crippen LogP contribution in [0.2, 0.25) is 0 Å². The number of nitrogens with one attached hydrogen (secondary N) is 1. The van der Waals surface area contributed by atoms with E-state index in [1.807, 2.05) is 66.4 Å². The Morgan fingerprint density at radius 1 is 1.04 bits per heavy atom. The number of piperidine rings is 1. The van der Waals surface area contributed by atoms with Crippen LogP contribution in [0.5, 0.6) is 0 Å². The van der Waals surface area contributed by atoms with Crippen molar-refractivity contribution in [3.63, 3.8) is 0 Å². The number of carbonyl (C=O) groups is 2. The molecule has 0 unspecified atom stereocenters. The van der Waals surface area contributed by atoms with Gasteiger partial charge in [0.1, 0.15) is 0 Å². The standard InChI is InChI=1S/C23H28N2O3/c1-18-7-6-10-20(17-18)22(27)25-14-11-23(12-15-25,13-16-28-2)24-21(26)19-8-4-3-5-9-19/h3-10,17H,11-16H2,1-2H3,(H,24,26). The topological polar surface area (TPSA) is 58.6 Å². The molecule has 1 heterocycles. The van der Waals surface area contributed by atoms with Gasteiger partial charge < -0.3 is 15.0 Å². The predicted octanol–water partition coefficient (Wildman–Crippen LogP) is 3.44. The maximum Gasteiger partial charge on any atom is 0.253 e. The Morgan fingerprint density at radius 3 is 2.36 bits per heavy atom. The Hall–Kier alpha value is -2.66. The lowest BCUT2D eigenvalue weighted by molar-refractivity contribution is 0.0559. The van der Waals surface area contributed by atoms with E-state index >= 15 is 0 Å². The highest BCUT2D eigenvalue weighted by atomic mass is 16.5. The number of methoxy groups -OCH3 is 1. The minimum Gasteiger partial charge on any atom is -0.385 e. The summed E-state index contributed by atoms with van der Waals surface area (Å²) in [6, 6.07) is 16.9. The van der Waals surface area contributed by atoms with Gasteiger partial charge in [0, 0.05) is 43.5 Å². The van der Waals surface area contributed by atoms with Gasteiger partial charge in [-0.15, -0.1) is 0 Å². The van der Waals surface area contributed by atoms with Crippen molar-refractivity contribution in [2.75, 3.05) is 26.8 Å². The van der Waals surface area contributed by atoms with E-state index < -0.39 is 0 Å². The van der Waals surface area contributed by atoms with Crippen molar-refractivity contribution in [3.05, 3.63) is 71.3 Å². The molecule has 0 saturated carbocycles. The van der Waals surface area contributed by atoms with E-state index in [4.69, 9.17) is 4.74 Å². The summed E-state index contributed by atoms with van der Waals surface area (Å²) in [6.45, 7) is 3.79. The lowest BCUT2D eigenvalue weighted by Gasteiger charge is -2.42. The van der Waals surface area contributed by atoms with E-state index in [1.54, 1.807) is 7.11 Å². The van der Waals surface area contributed by atoms with E-state index in [0.717, 1.165) is 17.5 Å². The zero-order valence-corrected chi connectivity index (χ0v) is 16.6. The third kappa shape index (κ3) is 4.78. The maximum absolute atomic E-state index is 12.8. The van der Waals surface area contributed by atoms with E-state index in [0.29, 0.717) is 38.1 Å². The number of amides is 2. The zero-order valence-electron chi connectivity index (χ0n) is 16.6. The summed E-state index contributed by atoms with van der Waals surface area (Å²) in [7, 11) is 1.67. The molecule has 0 aliphatic carbocycles. The number of carbonyl (C=O) groups excluding carboxylic acids is 2. The Labute approximate surface area is 166 Å². The smallest absolute Gasteiger partial charge is 0.253 e. The molecule has 2 amide bonds. The number of aryl methyl sites for hydroxylation is 1. The fourth-order valence-electron chi connectivity index (χ4n) is 3.74. The molecule has 0 bridgehead atoms. The fraction of sp³-hybridized carbons (Fsp3) is 0.391. The molecule has 5 nitrogen and oxygen atoms in total. The highest BCUT2D eigenvalue weighted by Gasteiger charge is 2.37. The second-order valence-corrected chi connectivity index (χ2v) is 7.50. The van der Waals surface area contributed by atoms with Crippen molar-refractivity contribution in [1.82, 2.24) is 10.2 Å². The number of hydrogen-bond donors (Lipinski definition) is 1. The molecule has 0 radical (unpaired) electrons. The summed E-state index contributed by atoms with van der Waals surface area (Å²) in [4.78, 5) is 27.4. The molecular weight excluding hydrogens is 352 g/mol. The molecule has 0 spiro atoms. The maximum atomic E-state index is 12.8. The first-order chi connectivity index (χ1) is 13.5. The van der Waals surface area contributed by atoms with Gasteiger partial charge in [-0.05, 0) is 50.5 Å². The highest BCUT2D eigenvalue weighted by Crippen LogP contribution is 2.27. The molecule has 1 aliphatic rings. The second kappa shape index (κ2) is 9.02. The summed E-state index contributed by atoms with van der Waals surface area (Å²) in [5.41, 5.74) is 2.09. The third-order valence-electron chi connectivity index (χ3n) is 5.47. The average Bonchev–Trinajstić information content (AvgIpc) is 2.73. The highest BCUT2D eigenvalue weighted by molar-refractivity contribution is 5.95. The van der Waals surface area contributed by atoms with Crippen molar-refractivity contribution in [2.24, 2.45) is 0 Å². The van der Waals surface area contributed by atoms with Crippen LogP contribution < -0.4 is 5.32 Å². The van der Waals surface area contributed by atoms with Gasteiger partial charge in [-0.1, -0.05) is 35.9 Å². The molecule has 148 valence electrons. The molecule has 28 heavy (non-hydrogen) atoms. The molecule has 1 fully saturated rings. The van der Waals surface area contributed by atoms with E-state index in [1.165, 1.54) is 0 Å². The van der Waals surface area contributed by atoms with Gasteiger partial charge in [0.25, 0.3) is 11.8 Å². The van der Waals surface area contributed by atoms with E-state index in [9.17, 15) is 9.59 Å². The Bertz CT molecular complexity index is 812. The van der Waals surface area contributed by atoms with Crippen LogP contribution in [-0.4, -0.2) is 49.1 Å². The van der Waals surface area contributed by atoms with Crippen LogP contribution in [0.4, 0.5) is 0 Å².